The monoisotopic (exact) mass is 591 g/mol. The van der Waals surface area contributed by atoms with Crippen molar-refractivity contribution < 1.29 is 20.0 Å². The lowest BCUT2D eigenvalue weighted by atomic mass is 10.1. The largest absolute Gasteiger partial charge is 0.393 e. The molecule has 7 N–H and O–H groups in total. The molecule has 0 spiro atoms. The van der Waals surface area contributed by atoms with Gasteiger partial charge in [0.2, 0.25) is 0 Å². The summed E-state index contributed by atoms with van der Waals surface area (Å²) in [5, 5.41) is 28.2. The lowest BCUT2D eigenvalue weighted by Gasteiger charge is -2.24. The number of nitrogens with zero attached hydrogens (tertiary/aromatic N) is 1. The Kier molecular flexibility index (Phi) is 13.5. The van der Waals surface area contributed by atoms with Crippen LogP contribution >= 0.6 is 11.6 Å². The van der Waals surface area contributed by atoms with E-state index in [1.54, 1.807) is 81.0 Å². The Morgan fingerprint density at radius 1 is 1.10 bits per heavy atom. The van der Waals surface area contributed by atoms with Crippen LogP contribution < -0.4 is 21.3 Å². The predicted octanol–water partition coefficient (Wildman–Crippen LogP) is 4.63. The van der Waals surface area contributed by atoms with Gasteiger partial charge in [0, 0.05) is 41.6 Å². The Morgan fingerprint density at radius 2 is 1.71 bits per heavy atom. The highest BCUT2D eigenvalue weighted by Gasteiger charge is 2.14. The molecule has 1 unspecified atom stereocenters. The number of allylic oxidation sites excluding steroid dienone is 3. The fourth-order valence-electron chi connectivity index (χ4n) is 3.85. The zero-order valence-electron chi connectivity index (χ0n) is 24.7. The summed E-state index contributed by atoms with van der Waals surface area (Å²) in [5.41, 5.74) is 4.00. The van der Waals surface area contributed by atoms with Crippen LogP contribution in [0.25, 0.3) is 0 Å². The van der Waals surface area contributed by atoms with Gasteiger partial charge in [-0.15, -0.1) is 6.42 Å². The number of nitrogens with one attached hydrogen (secondary N) is 4. The highest BCUT2D eigenvalue weighted by molar-refractivity contribution is 6.34. The first-order valence-corrected chi connectivity index (χ1v) is 14.0. The Labute approximate surface area is 253 Å². The van der Waals surface area contributed by atoms with Crippen LogP contribution in [0.2, 0.25) is 5.02 Å². The molecule has 0 radical (unpaired) electrons. The van der Waals surface area contributed by atoms with E-state index in [1.807, 2.05) is 19.9 Å². The summed E-state index contributed by atoms with van der Waals surface area (Å²) in [6, 6.07) is 12.1. The molecule has 0 heterocycles. The number of hydrogen-bond acceptors (Lipinski definition) is 6. The van der Waals surface area contributed by atoms with E-state index in [0.29, 0.717) is 35.1 Å². The molecular weight excluding hydrogens is 552 g/mol. The third kappa shape index (κ3) is 10.6. The number of nitrogens with two attached hydrogens (primary N) is 1. The van der Waals surface area contributed by atoms with Crippen molar-refractivity contribution in [1.82, 2.24) is 4.90 Å². The summed E-state index contributed by atoms with van der Waals surface area (Å²) < 4.78 is 0. The Morgan fingerprint density at radius 3 is 2.26 bits per heavy atom. The van der Waals surface area contributed by atoms with Crippen molar-refractivity contribution in [3.8, 4) is 12.3 Å². The van der Waals surface area contributed by atoms with E-state index in [4.69, 9.17) is 23.4 Å². The minimum atomic E-state index is -0.400. The van der Waals surface area contributed by atoms with E-state index < -0.39 is 5.91 Å². The van der Waals surface area contributed by atoms with Gasteiger partial charge in [-0.3, -0.25) is 9.59 Å². The fraction of sp³-hybridized carbons (Fsp3) is 0.281. The van der Waals surface area contributed by atoms with Crippen LogP contribution in [0.5, 0.6) is 0 Å². The number of carbonyl (C=O) groups is 2. The first kappa shape index (κ1) is 33.8. The van der Waals surface area contributed by atoms with Gasteiger partial charge in [0.05, 0.1) is 29.4 Å². The van der Waals surface area contributed by atoms with Crippen molar-refractivity contribution in [2.45, 2.75) is 40.2 Å². The molecular formula is C32H40ClN6O3+. The lowest BCUT2D eigenvalue weighted by molar-refractivity contribution is -0.556. The topological polar surface area (TPSA) is 134 Å². The fourth-order valence-corrected chi connectivity index (χ4v) is 4.07. The average Bonchev–Trinajstić information content (AvgIpc) is 2.94. The van der Waals surface area contributed by atoms with Gasteiger partial charge < -0.3 is 36.7 Å². The number of aliphatic hydroxyl groups is 1. The van der Waals surface area contributed by atoms with Gasteiger partial charge in [-0.25, -0.2) is 0 Å². The minimum absolute atomic E-state index is 0.163. The summed E-state index contributed by atoms with van der Waals surface area (Å²) in [6.07, 6.45) is 10.9. The van der Waals surface area contributed by atoms with Gasteiger partial charge in [-0.1, -0.05) is 17.5 Å². The third-order valence-electron chi connectivity index (χ3n) is 6.22. The number of halogens is 1. The first-order chi connectivity index (χ1) is 20.0. The standard InChI is InChI=1S/C32H39ClN6O3/c1-7-24(10-9-21(3)39(8-2)18-17-22(4)40)31(41)37-26-13-11-25(12-14-26)36-30-16-15-27(19-29(30)33)38-32(42)28(20-35-6)23(5)34/h1,9-16,19-20,22,34-36,40H,8,17-18H2,2-6H3,(H,37,41)(H,38,42)/p+1. The summed E-state index contributed by atoms with van der Waals surface area (Å²) in [5.74, 6) is 1.66. The number of rotatable bonds is 14. The second kappa shape index (κ2) is 16.8. The molecule has 0 aromatic heterocycles. The molecule has 2 rings (SSSR count). The van der Waals surface area contributed by atoms with Crippen LogP contribution in [0.4, 0.5) is 22.7 Å². The summed E-state index contributed by atoms with van der Waals surface area (Å²) in [6.45, 7) is 8.76. The van der Waals surface area contributed by atoms with Crippen LogP contribution in [-0.2, 0) is 9.59 Å². The molecule has 10 heteroatoms. The number of carbonyl (C=O) groups excluding carboxylic acids is 2. The molecule has 2 amide bonds. The number of anilines is 4. The molecule has 1 atom stereocenters. The number of quaternary nitrogens is 1. The van der Waals surface area contributed by atoms with Gasteiger partial charge in [-0.2, -0.15) is 0 Å². The molecule has 0 fully saturated rings. The van der Waals surface area contributed by atoms with Crippen LogP contribution in [0.3, 0.4) is 0 Å². The predicted molar refractivity (Wildman–Crippen MR) is 172 cm³/mol. The number of aliphatic hydroxyl groups excluding tert-OH is 1. The molecule has 2 aromatic rings. The van der Waals surface area contributed by atoms with Crippen LogP contribution in [-0.4, -0.2) is 53.8 Å². The second-order valence-corrected chi connectivity index (χ2v) is 10.0. The quantitative estimate of drug-likeness (QED) is 0.0824. The van der Waals surface area contributed by atoms with Gasteiger partial charge in [0.1, 0.15) is 11.8 Å². The molecule has 0 saturated heterocycles. The number of hydrogen-bond donors (Lipinski definition) is 6. The third-order valence-corrected chi connectivity index (χ3v) is 6.53. The van der Waals surface area contributed by atoms with Gasteiger partial charge in [-0.05, 0) is 88.7 Å². The Balaban J connectivity index is 2.05. The summed E-state index contributed by atoms with van der Waals surface area (Å²) >= 11 is 6.45. The molecule has 2 aromatic carbocycles. The van der Waals surface area contributed by atoms with Crippen molar-refractivity contribution in [2.24, 2.45) is 0 Å². The highest BCUT2D eigenvalue weighted by atomic mass is 35.5. The second-order valence-electron chi connectivity index (χ2n) is 9.59. The van der Waals surface area contributed by atoms with E-state index in [-0.39, 0.29) is 28.9 Å². The van der Waals surface area contributed by atoms with Crippen molar-refractivity contribution in [1.29, 1.82) is 5.41 Å². The first-order valence-electron chi connectivity index (χ1n) is 13.6. The van der Waals surface area contributed by atoms with Crippen LogP contribution in [0.1, 0.15) is 34.1 Å². The number of terminal acetylenes is 1. The zero-order chi connectivity index (χ0) is 31.2. The van der Waals surface area contributed by atoms with E-state index in [9.17, 15) is 14.7 Å². The van der Waals surface area contributed by atoms with Crippen molar-refractivity contribution in [3.63, 3.8) is 0 Å². The lowest BCUT2D eigenvalue weighted by Crippen LogP contribution is -2.73. The molecule has 9 nitrogen and oxygen atoms in total. The van der Waals surface area contributed by atoms with E-state index >= 15 is 0 Å². The molecule has 0 bridgehead atoms. The highest BCUT2D eigenvalue weighted by Crippen LogP contribution is 2.29. The molecule has 0 aliphatic carbocycles. The summed E-state index contributed by atoms with van der Waals surface area (Å²) in [4.78, 5) is 27.4. The van der Waals surface area contributed by atoms with E-state index in [2.05, 4.69) is 26.8 Å². The number of amides is 2. The molecule has 0 aliphatic heterocycles. The Hall–Kier alpha value is -4.36. The van der Waals surface area contributed by atoms with Gasteiger partial charge in [0.25, 0.3) is 11.8 Å². The smallest absolute Gasteiger partial charge is 0.264 e. The SMILES string of the molecule is C#CC(=CC=C(C)N(CC)CCC(C)O)C(=O)Nc1ccc(Nc2ccc(NC(=O)C(=C[NH2+]C)C(C)=N)cc2Cl)cc1. The molecule has 42 heavy (non-hydrogen) atoms. The Bertz CT molecular complexity index is 1400. The number of benzene rings is 2. The zero-order valence-corrected chi connectivity index (χ0v) is 25.5. The van der Waals surface area contributed by atoms with Crippen molar-refractivity contribution in [2.75, 3.05) is 36.1 Å². The van der Waals surface area contributed by atoms with Crippen molar-refractivity contribution >= 4 is 51.9 Å². The van der Waals surface area contributed by atoms with E-state index in [0.717, 1.165) is 17.9 Å². The van der Waals surface area contributed by atoms with E-state index in [1.165, 1.54) is 0 Å². The van der Waals surface area contributed by atoms with Gasteiger partial charge >= 0.3 is 0 Å². The maximum absolute atomic E-state index is 12.8. The van der Waals surface area contributed by atoms with Crippen LogP contribution in [0, 0.1) is 17.8 Å². The molecule has 0 saturated carbocycles. The summed E-state index contributed by atoms with van der Waals surface area (Å²) in [7, 11) is 1.78. The van der Waals surface area contributed by atoms with Crippen molar-refractivity contribution in [3.05, 3.63) is 82.7 Å². The maximum Gasteiger partial charge on any atom is 0.264 e. The normalized spacial score (nSPS) is 12.7. The average molecular weight is 592 g/mol. The maximum atomic E-state index is 12.8. The van der Waals surface area contributed by atoms with Crippen LogP contribution in [0.15, 0.2) is 77.7 Å². The minimum Gasteiger partial charge on any atom is -0.393 e. The van der Waals surface area contributed by atoms with Gasteiger partial charge in [0.15, 0.2) is 0 Å². The molecule has 222 valence electrons. The molecule has 0 aliphatic rings.